The highest BCUT2D eigenvalue weighted by molar-refractivity contribution is 6.33. The lowest BCUT2D eigenvalue weighted by Crippen LogP contribution is -2.55. The van der Waals surface area contributed by atoms with E-state index in [1.54, 1.807) is 0 Å². The van der Waals surface area contributed by atoms with E-state index >= 15 is 4.39 Å². The van der Waals surface area contributed by atoms with Gasteiger partial charge in [0, 0.05) is 62.2 Å². The van der Waals surface area contributed by atoms with Gasteiger partial charge in [0.25, 0.3) is 11.5 Å². The zero-order valence-electron chi connectivity index (χ0n) is 25.7. The van der Waals surface area contributed by atoms with Gasteiger partial charge in [0.15, 0.2) is 11.6 Å². The Kier molecular flexibility index (Phi) is 8.38. The summed E-state index contributed by atoms with van der Waals surface area (Å²) in [4.78, 5) is 51.0. The highest BCUT2D eigenvalue weighted by atomic mass is 35.5. The van der Waals surface area contributed by atoms with Crippen LogP contribution in [-0.2, 0) is 18.4 Å². The molecule has 4 heterocycles. The van der Waals surface area contributed by atoms with Crippen molar-refractivity contribution in [3.05, 3.63) is 63.2 Å². The minimum absolute atomic E-state index is 0.0140. The van der Waals surface area contributed by atoms with Crippen LogP contribution in [0.4, 0.5) is 24.7 Å². The fourth-order valence-corrected chi connectivity index (χ4v) is 6.38. The molecule has 248 valence electrons. The molecular formula is C31H32ClF3N8O4. The molecule has 1 aliphatic carbocycles. The number of pyridine rings is 1. The number of hydrogen-bond acceptors (Lipinski definition) is 8. The van der Waals surface area contributed by atoms with Crippen molar-refractivity contribution in [2.75, 3.05) is 29.9 Å². The number of anilines is 2. The van der Waals surface area contributed by atoms with Crippen LogP contribution in [0.1, 0.15) is 37.0 Å². The monoisotopic (exact) mass is 672 g/mol. The fourth-order valence-electron chi connectivity index (χ4n) is 6.23. The molecule has 2 atom stereocenters. The summed E-state index contributed by atoms with van der Waals surface area (Å²) in [5.74, 6) is -6.46. The molecule has 2 amide bonds. The average Bonchev–Trinajstić information content (AvgIpc) is 3.81. The van der Waals surface area contributed by atoms with E-state index < -0.39 is 63.4 Å². The van der Waals surface area contributed by atoms with Crippen LogP contribution in [0.5, 0.6) is 5.75 Å². The molecule has 4 aromatic rings. The summed E-state index contributed by atoms with van der Waals surface area (Å²) in [6.07, 6.45) is 4.83. The topological polar surface area (TPSA) is 152 Å². The number of nitrogens with one attached hydrogen (secondary N) is 1. The van der Waals surface area contributed by atoms with E-state index in [2.05, 4.69) is 27.1 Å². The number of hydrogen-bond donors (Lipinski definition) is 3. The molecular weight excluding hydrogens is 641 g/mol. The summed E-state index contributed by atoms with van der Waals surface area (Å²) in [6.45, 7) is 5.90. The zero-order valence-corrected chi connectivity index (χ0v) is 26.5. The van der Waals surface area contributed by atoms with Gasteiger partial charge in [-0.3, -0.25) is 19.3 Å². The van der Waals surface area contributed by atoms with E-state index in [-0.39, 0.29) is 28.3 Å². The van der Waals surface area contributed by atoms with Gasteiger partial charge in [-0.1, -0.05) is 11.6 Å². The number of nitrogens with two attached hydrogens (primary N) is 1. The molecule has 2 fully saturated rings. The molecule has 12 nitrogen and oxygen atoms in total. The van der Waals surface area contributed by atoms with Gasteiger partial charge in [-0.15, -0.1) is 0 Å². The average molecular weight is 673 g/mol. The summed E-state index contributed by atoms with van der Waals surface area (Å²) in [7, 11) is 1.39. The summed E-state index contributed by atoms with van der Waals surface area (Å²) >= 11 is 6.22. The number of phenols is 1. The lowest BCUT2D eigenvalue weighted by molar-refractivity contribution is -0.116. The highest BCUT2D eigenvalue weighted by Crippen LogP contribution is 2.38. The number of carbonyl (C=O) groups excluding carboxylic acids is 2. The van der Waals surface area contributed by atoms with Crippen molar-refractivity contribution in [2.45, 2.75) is 45.3 Å². The Bertz CT molecular complexity index is 2000. The van der Waals surface area contributed by atoms with Crippen LogP contribution < -0.4 is 21.5 Å². The largest absolute Gasteiger partial charge is 0.504 e. The Morgan fingerprint density at radius 3 is 2.55 bits per heavy atom. The van der Waals surface area contributed by atoms with Crippen molar-refractivity contribution in [3.63, 3.8) is 0 Å². The normalized spacial score (nSPS) is 17.7. The van der Waals surface area contributed by atoms with Crippen LogP contribution in [0.15, 0.2) is 29.5 Å². The van der Waals surface area contributed by atoms with Crippen LogP contribution in [0, 0.1) is 23.5 Å². The Hall–Kier alpha value is -4.63. The van der Waals surface area contributed by atoms with E-state index in [1.807, 2.05) is 11.8 Å². The van der Waals surface area contributed by atoms with Crippen molar-refractivity contribution < 1.29 is 27.9 Å². The van der Waals surface area contributed by atoms with E-state index in [9.17, 15) is 28.3 Å². The van der Waals surface area contributed by atoms with Crippen molar-refractivity contribution >= 4 is 46.0 Å². The number of aryl methyl sites for hydroxylation is 1. The Morgan fingerprint density at radius 2 is 1.89 bits per heavy atom. The second kappa shape index (κ2) is 12.2. The standard InChI is InChI=1S/C31H32ClF3N8O4/c1-14-10-41(15(2)16-4-5-16)6-7-43(14)21-9-20(24(32)28(35)39-21)38-22(44)12-42-11-19(23-30(42)37-13-40(3)31(23)47)17-8-18(29(36)46)27(45)26(34)25(17)33/h8-9,11,13-16,45H,4-7,10,12H2,1-3H3,(H2,36,46)(H,38,39,44)/t14-,15+/m0/s1. The predicted molar refractivity (Wildman–Crippen MR) is 169 cm³/mol. The maximum absolute atomic E-state index is 15.1. The number of fused-ring (bicyclic) bond motifs is 1. The van der Waals surface area contributed by atoms with Gasteiger partial charge in [-0.05, 0) is 38.7 Å². The zero-order chi connectivity index (χ0) is 33.9. The number of nitrogens with zero attached hydrogens (tertiary/aromatic N) is 6. The van der Waals surface area contributed by atoms with Gasteiger partial charge in [0.05, 0.1) is 23.0 Å². The molecule has 6 rings (SSSR count). The maximum Gasteiger partial charge on any atom is 0.263 e. The first-order chi connectivity index (χ1) is 22.3. The van der Waals surface area contributed by atoms with Crippen LogP contribution in [0.2, 0.25) is 5.02 Å². The first-order valence-electron chi connectivity index (χ1n) is 15.0. The van der Waals surface area contributed by atoms with Crippen molar-refractivity contribution in [2.24, 2.45) is 18.7 Å². The van der Waals surface area contributed by atoms with E-state index in [0.717, 1.165) is 23.7 Å². The maximum atomic E-state index is 15.1. The number of piperazine rings is 1. The lowest BCUT2D eigenvalue weighted by Gasteiger charge is -2.43. The number of rotatable bonds is 8. The highest BCUT2D eigenvalue weighted by Gasteiger charge is 2.36. The van der Waals surface area contributed by atoms with E-state index in [1.165, 1.54) is 43.0 Å². The third-order valence-electron chi connectivity index (χ3n) is 9.00. The van der Waals surface area contributed by atoms with Gasteiger partial charge >= 0.3 is 0 Å². The molecule has 0 unspecified atom stereocenters. The molecule has 47 heavy (non-hydrogen) atoms. The molecule has 1 aromatic carbocycles. The molecule has 1 saturated heterocycles. The smallest absolute Gasteiger partial charge is 0.263 e. The van der Waals surface area contributed by atoms with Crippen LogP contribution in [0.25, 0.3) is 22.2 Å². The van der Waals surface area contributed by atoms with E-state index in [0.29, 0.717) is 24.3 Å². The van der Waals surface area contributed by atoms with Gasteiger partial charge in [0.1, 0.15) is 23.0 Å². The third-order valence-corrected chi connectivity index (χ3v) is 9.36. The molecule has 1 saturated carbocycles. The number of halogens is 4. The van der Waals surface area contributed by atoms with Gasteiger partial charge in [-0.25, -0.2) is 14.4 Å². The van der Waals surface area contributed by atoms with Crippen LogP contribution in [-0.4, -0.2) is 72.6 Å². The Balaban J connectivity index is 1.30. The first kappa shape index (κ1) is 32.3. The van der Waals surface area contributed by atoms with Gasteiger partial charge < -0.3 is 30.2 Å². The second-order valence-electron chi connectivity index (χ2n) is 12.1. The summed E-state index contributed by atoms with van der Waals surface area (Å²) in [5.41, 5.74) is 3.00. The number of amides is 2. The number of aromatic nitrogens is 4. The van der Waals surface area contributed by atoms with E-state index in [4.69, 9.17) is 17.3 Å². The van der Waals surface area contributed by atoms with Crippen molar-refractivity contribution in [1.82, 2.24) is 24.0 Å². The number of benzene rings is 1. The number of primary amides is 1. The third kappa shape index (κ3) is 5.89. The van der Waals surface area contributed by atoms with Crippen molar-refractivity contribution in [1.29, 1.82) is 0 Å². The summed E-state index contributed by atoms with van der Waals surface area (Å²) < 4.78 is 47.1. The number of aromatic hydroxyl groups is 1. The summed E-state index contributed by atoms with van der Waals surface area (Å²) in [6, 6.07) is 2.79. The minimum Gasteiger partial charge on any atom is -0.504 e. The minimum atomic E-state index is -1.74. The molecule has 3 aromatic heterocycles. The molecule has 2 aliphatic rings. The Morgan fingerprint density at radius 1 is 1.17 bits per heavy atom. The lowest BCUT2D eigenvalue weighted by atomic mass is 10.0. The molecule has 1 aliphatic heterocycles. The quantitative estimate of drug-likeness (QED) is 0.240. The summed E-state index contributed by atoms with van der Waals surface area (Å²) in [5, 5.41) is 11.9. The molecule has 0 bridgehead atoms. The van der Waals surface area contributed by atoms with Crippen LogP contribution >= 0.6 is 11.6 Å². The molecule has 0 radical (unpaired) electrons. The molecule has 0 spiro atoms. The SMILES string of the molecule is C[C@H](C1CC1)N1CCN(c2cc(NC(=O)Cn3cc(-c4cc(C(N)=O)c(O)c(F)c4F)c4c(=O)n(C)cnc43)c(Cl)c(F)n2)[C@@H](C)C1. The number of carbonyl (C=O) groups is 2. The second-order valence-corrected chi connectivity index (χ2v) is 12.5. The van der Waals surface area contributed by atoms with Crippen molar-refractivity contribution in [3.8, 4) is 16.9 Å². The predicted octanol–water partition coefficient (Wildman–Crippen LogP) is 3.62. The fraction of sp³-hybridized carbons (Fsp3) is 0.387. The Labute approximate surface area is 271 Å². The van der Waals surface area contributed by atoms with Gasteiger partial charge in [0.2, 0.25) is 17.7 Å². The van der Waals surface area contributed by atoms with Crippen LogP contribution in [0.3, 0.4) is 0 Å². The molecule has 4 N–H and O–H groups in total. The van der Waals surface area contributed by atoms with Gasteiger partial charge in [-0.2, -0.15) is 8.78 Å². The molecule has 16 heteroatoms. The first-order valence-corrected chi connectivity index (χ1v) is 15.4.